The Labute approximate surface area is 115 Å². The van der Waals surface area contributed by atoms with E-state index in [0.717, 1.165) is 5.56 Å². The zero-order valence-electron chi connectivity index (χ0n) is 10.9. The molecular formula is C16H13N2O2+. The first-order valence-corrected chi connectivity index (χ1v) is 6.26. The topological polar surface area (TPSA) is 54.1 Å². The summed E-state index contributed by atoms with van der Waals surface area (Å²) in [5.41, 5.74) is 2.40. The molecule has 0 saturated heterocycles. The van der Waals surface area contributed by atoms with E-state index in [1.54, 1.807) is 17.8 Å². The molecule has 0 aliphatic carbocycles. The van der Waals surface area contributed by atoms with E-state index in [4.69, 9.17) is 0 Å². The van der Waals surface area contributed by atoms with Crippen LogP contribution >= 0.6 is 0 Å². The maximum absolute atomic E-state index is 11.7. The minimum Gasteiger partial charge on any atom is -0.477 e. The second kappa shape index (κ2) is 4.74. The number of carboxylic acids is 1. The van der Waals surface area contributed by atoms with E-state index in [-0.39, 0.29) is 5.56 Å². The van der Waals surface area contributed by atoms with Crippen LogP contribution in [0, 0.1) is 0 Å². The van der Waals surface area contributed by atoms with E-state index in [1.807, 2.05) is 48.5 Å². The molecular weight excluding hydrogens is 252 g/mol. The number of hydrogen-bond donors (Lipinski definition) is 1. The van der Waals surface area contributed by atoms with Crippen molar-refractivity contribution in [3.05, 3.63) is 60.2 Å². The normalized spacial score (nSPS) is 10.7. The Bertz CT molecular complexity index is 798. The molecule has 3 aromatic rings. The van der Waals surface area contributed by atoms with Crippen molar-refractivity contribution >= 4 is 16.9 Å². The van der Waals surface area contributed by atoms with E-state index in [0.29, 0.717) is 16.6 Å². The lowest BCUT2D eigenvalue weighted by molar-refractivity contribution is -0.718. The molecule has 1 heterocycles. The predicted molar refractivity (Wildman–Crippen MR) is 75.3 cm³/mol. The molecule has 0 aliphatic heterocycles. The van der Waals surface area contributed by atoms with Gasteiger partial charge in [0.15, 0.2) is 7.05 Å². The molecule has 98 valence electrons. The average Bonchev–Trinajstić information content (AvgIpc) is 2.46. The van der Waals surface area contributed by atoms with Gasteiger partial charge in [0.05, 0.1) is 0 Å². The largest absolute Gasteiger partial charge is 0.477 e. The third kappa shape index (κ3) is 1.91. The summed E-state index contributed by atoms with van der Waals surface area (Å²) in [7, 11) is 1.77. The van der Waals surface area contributed by atoms with Crippen molar-refractivity contribution in [3.63, 3.8) is 0 Å². The fraction of sp³-hybridized carbons (Fsp3) is 0.0625. The zero-order valence-corrected chi connectivity index (χ0v) is 10.9. The van der Waals surface area contributed by atoms with Gasteiger partial charge >= 0.3 is 5.97 Å². The van der Waals surface area contributed by atoms with Gasteiger partial charge in [-0.15, -0.1) is 0 Å². The van der Waals surface area contributed by atoms with Gasteiger partial charge in [-0.2, -0.15) is 0 Å². The van der Waals surface area contributed by atoms with Crippen LogP contribution in [0.5, 0.6) is 0 Å². The summed E-state index contributed by atoms with van der Waals surface area (Å²) in [6, 6.07) is 16.7. The van der Waals surface area contributed by atoms with E-state index in [9.17, 15) is 9.90 Å². The van der Waals surface area contributed by atoms with Gasteiger partial charge in [-0.1, -0.05) is 41.1 Å². The number of aromatic nitrogens is 2. The number of hydrogen-bond acceptors (Lipinski definition) is 2. The van der Waals surface area contributed by atoms with E-state index in [2.05, 4.69) is 5.10 Å². The van der Waals surface area contributed by atoms with Crippen LogP contribution in [-0.4, -0.2) is 16.2 Å². The molecule has 0 atom stereocenters. The highest BCUT2D eigenvalue weighted by Gasteiger charge is 2.26. The van der Waals surface area contributed by atoms with Crippen molar-refractivity contribution in [2.45, 2.75) is 0 Å². The monoisotopic (exact) mass is 265 g/mol. The van der Waals surface area contributed by atoms with Crippen LogP contribution in [0.4, 0.5) is 0 Å². The highest BCUT2D eigenvalue weighted by Crippen LogP contribution is 2.25. The molecule has 3 rings (SSSR count). The number of fused-ring (bicyclic) bond motifs is 1. The molecule has 0 saturated carbocycles. The lowest BCUT2D eigenvalue weighted by Gasteiger charge is -2.06. The number of rotatable bonds is 2. The third-order valence-corrected chi connectivity index (χ3v) is 3.25. The molecule has 0 amide bonds. The molecule has 4 nitrogen and oxygen atoms in total. The molecule has 2 aromatic carbocycles. The van der Waals surface area contributed by atoms with Crippen molar-refractivity contribution in [1.82, 2.24) is 5.10 Å². The molecule has 4 heteroatoms. The maximum atomic E-state index is 11.7. The summed E-state index contributed by atoms with van der Waals surface area (Å²) in [6.45, 7) is 0. The highest BCUT2D eigenvalue weighted by molar-refractivity contribution is 6.06. The maximum Gasteiger partial charge on any atom is 0.343 e. The van der Waals surface area contributed by atoms with Gasteiger partial charge in [0, 0.05) is 16.0 Å². The van der Waals surface area contributed by atoms with Gasteiger partial charge in [-0.25, -0.2) is 4.79 Å². The Hall–Kier alpha value is -2.75. The molecule has 20 heavy (non-hydrogen) atoms. The summed E-state index contributed by atoms with van der Waals surface area (Å²) in [4.78, 5) is 11.7. The van der Waals surface area contributed by atoms with Gasteiger partial charge < -0.3 is 5.11 Å². The van der Waals surface area contributed by atoms with E-state index in [1.165, 1.54) is 0 Å². The quantitative estimate of drug-likeness (QED) is 0.724. The SMILES string of the molecule is C[n+]1nc2ccccc2c(C(=O)O)c1-c1ccccc1. The number of aromatic carboxylic acids is 1. The van der Waals surface area contributed by atoms with Crippen LogP contribution in [-0.2, 0) is 7.05 Å². The Balaban J connectivity index is 2.45. The first-order valence-electron chi connectivity index (χ1n) is 6.26. The van der Waals surface area contributed by atoms with E-state index < -0.39 is 5.97 Å². The summed E-state index contributed by atoms with van der Waals surface area (Å²) in [5, 5.41) is 14.7. The number of carboxylic acid groups (broad SMARTS) is 1. The van der Waals surface area contributed by atoms with Gasteiger partial charge in [0.25, 0.3) is 5.69 Å². The Morgan fingerprint density at radius 1 is 1.05 bits per heavy atom. The van der Waals surface area contributed by atoms with Crippen LogP contribution in [0.1, 0.15) is 10.4 Å². The predicted octanol–water partition coefficient (Wildman–Crippen LogP) is 2.42. The number of nitrogens with zero attached hydrogens (tertiary/aromatic N) is 2. The fourth-order valence-corrected chi connectivity index (χ4v) is 2.42. The number of aryl methyl sites for hydroxylation is 1. The molecule has 0 aliphatic rings. The van der Waals surface area contributed by atoms with Crippen LogP contribution in [0.15, 0.2) is 54.6 Å². The van der Waals surface area contributed by atoms with Crippen LogP contribution < -0.4 is 4.68 Å². The van der Waals surface area contributed by atoms with Gasteiger partial charge in [0.2, 0.25) is 0 Å². The van der Waals surface area contributed by atoms with Gasteiger partial charge in [0.1, 0.15) is 11.1 Å². The third-order valence-electron chi connectivity index (χ3n) is 3.25. The lowest BCUT2D eigenvalue weighted by atomic mass is 10.0. The van der Waals surface area contributed by atoms with Crippen LogP contribution in [0.3, 0.4) is 0 Å². The first kappa shape index (κ1) is 12.3. The molecule has 1 aromatic heterocycles. The lowest BCUT2D eigenvalue weighted by Crippen LogP contribution is -2.37. The van der Waals surface area contributed by atoms with Crippen molar-refractivity contribution in [2.75, 3.05) is 0 Å². The smallest absolute Gasteiger partial charge is 0.343 e. The molecule has 0 spiro atoms. The molecule has 0 radical (unpaired) electrons. The van der Waals surface area contributed by atoms with Crippen molar-refractivity contribution < 1.29 is 14.6 Å². The Morgan fingerprint density at radius 2 is 1.70 bits per heavy atom. The van der Waals surface area contributed by atoms with Crippen LogP contribution in [0.25, 0.3) is 22.2 Å². The fourth-order valence-electron chi connectivity index (χ4n) is 2.42. The molecule has 0 unspecified atom stereocenters. The minimum atomic E-state index is -0.946. The van der Waals surface area contributed by atoms with Crippen molar-refractivity contribution in [3.8, 4) is 11.3 Å². The molecule has 0 fully saturated rings. The summed E-state index contributed by atoms with van der Waals surface area (Å²) >= 11 is 0. The summed E-state index contributed by atoms with van der Waals surface area (Å²) in [5.74, 6) is -0.946. The first-order chi connectivity index (χ1) is 9.68. The second-order valence-electron chi connectivity index (χ2n) is 4.54. The second-order valence-corrected chi connectivity index (χ2v) is 4.54. The van der Waals surface area contributed by atoms with Crippen molar-refractivity contribution in [2.24, 2.45) is 7.05 Å². The molecule has 1 N–H and O–H groups in total. The Kier molecular flexibility index (Phi) is 2.91. The van der Waals surface area contributed by atoms with E-state index >= 15 is 0 Å². The standard InChI is InChI=1S/C16H12N2O2/c1-18-15(11-7-3-2-4-8-11)14(16(19)20)12-9-5-6-10-13(12)17-18/h2-10H,1H3/p+1. The Morgan fingerprint density at radius 3 is 2.40 bits per heavy atom. The van der Waals surface area contributed by atoms with Gasteiger partial charge in [-0.3, -0.25) is 0 Å². The summed E-state index contributed by atoms with van der Waals surface area (Å²) < 4.78 is 1.63. The zero-order chi connectivity index (χ0) is 14.1. The van der Waals surface area contributed by atoms with Gasteiger partial charge in [-0.05, 0) is 18.2 Å². The van der Waals surface area contributed by atoms with Crippen molar-refractivity contribution in [1.29, 1.82) is 0 Å². The van der Waals surface area contributed by atoms with Crippen LogP contribution in [0.2, 0.25) is 0 Å². The average molecular weight is 265 g/mol. The number of carbonyl (C=O) groups is 1. The number of benzene rings is 2. The minimum absolute atomic E-state index is 0.282. The molecule has 0 bridgehead atoms. The summed E-state index contributed by atoms with van der Waals surface area (Å²) in [6.07, 6.45) is 0. The highest BCUT2D eigenvalue weighted by atomic mass is 16.4.